The Labute approximate surface area is 147 Å². The number of hydrogen-bond donors (Lipinski definition) is 0. The second-order valence-corrected chi connectivity index (χ2v) is 6.35. The topological polar surface area (TPSA) is 23.8 Å². The van der Waals surface area contributed by atoms with Crippen LogP contribution in [0.1, 0.15) is 22.6 Å². The highest BCUT2D eigenvalue weighted by molar-refractivity contribution is 6.55. The number of hydrogen-bond acceptors (Lipinski definition) is 1. The Morgan fingerprint density at radius 1 is 0.810 bits per heavy atom. The van der Waals surface area contributed by atoms with Crippen molar-refractivity contribution in [1.82, 2.24) is 0 Å². The summed E-state index contributed by atoms with van der Waals surface area (Å²) in [6.45, 7) is 1.96. The van der Waals surface area contributed by atoms with E-state index in [1.807, 2.05) is 31.2 Å². The Bertz CT molecular complexity index is 702. The summed E-state index contributed by atoms with van der Waals surface area (Å²) in [7, 11) is 0. The van der Waals surface area contributed by atoms with Crippen LogP contribution in [-0.2, 0) is 0 Å². The Morgan fingerprint density at radius 2 is 1.24 bits per heavy atom. The SMILES string of the molecule is Cc1ccc(C(C#N)c2c(Cl)c(Cl)c(Cl)c(Cl)c2Cl)cc1. The average molecular weight is 380 g/mol. The van der Waals surface area contributed by atoms with E-state index in [1.165, 1.54) is 0 Å². The fraction of sp³-hybridized carbons (Fsp3) is 0.133. The minimum absolute atomic E-state index is 0.0812. The van der Waals surface area contributed by atoms with Crippen LogP contribution in [0.3, 0.4) is 0 Å². The Kier molecular flexibility index (Phi) is 5.30. The summed E-state index contributed by atoms with van der Waals surface area (Å²) in [5, 5.41) is 10.1. The third-order valence-corrected chi connectivity index (χ3v) is 5.38. The van der Waals surface area contributed by atoms with Crippen LogP contribution in [-0.4, -0.2) is 0 Å². The van der Waals surface area contributed by atoms with Gasteiger partial charge in [-0.25, -0.2) is 0 Å². The largest absolute Gasteiger partial charge is 0.197 e. The van der Waals surface area contributed by atoms with E-state index in [2.05, 4.69) is 6.07 Å². The lowest BCUT2D eigenvalue weighted by atomic mass is 9.92. The van der Waals surface area contributed by atoms with Gasteiger partial charge in [-0.1, -0.05) is 87.8 Å². The summed E-state index contributed by atoms with van der Waals surface area (Å²) in [6.07, 6.45) is 0. The highest BCUT2D eigenvalue weighted by Gasteiger charge is 2.26. The van der Waals surface area contributed by atoms with Gasteiger partial charge < -0.3 is 0 Å². The molecule has 0 aliphatic carbocycles. The fourth-order valence-electron chi connectivity index (χ4n) is 1.94. The van der Waals surface area contributed by atoms with Gasteiger partial charge in [0.15, 0.2) is 0 Å². The van der Waals surface area contributed by atoms with E-state index < -0.39 is 5.92 Å². The molecule has 108 valence electrons. The maximum absolute atomic E-state index is 9.52. The first-order chi connectivity index (χ1) is 9.88. The lowest BCUT2D eigenvalue weighted by Crippen LogP contribution is -2.02. The minimum Gasteiger partial charge on any atom is -0.197 e. The fourth-order valence-corrected chi connectivity index (χ4v) is 3.31. The van der Waals surface area contributed by atoms with Crippen molar-refractivity contribution in [2.45, 2.75) is 12.8 Å². The zero-order valence-corrected chi connectivity index (χ0v) is 14.5. The number of halogens is 5. The van der Waals surface area contributed by atoms with Crippen LogP contribution in [0.2, 0.25) is 25.1 Å². The molecule has 2 aromatic carbocycles. The average Bonchev–Trinajstić information content (AvgIpc) is 2.49. The van der Waals surface area contributed by atoms with Crippen molar-refractivity contribution in [2.75, 3.05) is 0 Å². The molecule has 0 fully saturated rings. The molecular weight excluding hydrogens is 371 g/mol. The summed E-state index contributed by atoms with van der Waals surface area (Å²) in [6, 6.07) is 9.67. The molecule has 1 unspecified atom stereocenters. The molecule has 0 heterocycles. The summed E-state index contributed by atoms with van der Waals surface area (Å²) < 4.78 is 0. The normalized spacial score (nSPS) is 12.0. The standard InChI is InChI=1S/C15H8Cl5N/c1-7-2-4-8(5-3-7)9(6-21)10-11(16)13(18)15(20)14(19)12(10)17/h2-5,9H,1H3. The first-order valence-electron chi connectivity index (χ1n) is 5.86. The zero-order chi connectivity index (χ0) is 15.7. The molecule has 1 nitrogen and oxygen atoms in total. The molecule has 0 aliphatic heterocycles. The molecule has 0 spiro atoms. The van der Waals surface area contributed by atoms with Crippen LogP contribution in [0.5, 0.6) is 0 Å². The molecule has 0 amide bonds. The summed E-state index contributed by atoms with van der Waals surface area (Å²) in [4.78, 5) is 0. The van der Waals surface area contributed by atoms with E-state index in [0.717, 1.165) is 11.1 Å². The van der Waals surface area contributed by atoms with Crippen molar-refractivity contribution in [2.24, 2.45) is 0 Å². The number of nitriles is 1. The third-order valence-electron chi connectivity index (χ3n) is 3.07. The number of benzene rings is 2. The quantitative estimate of drug-likeness (QED) is 0.410. The summed E-state index contributed by atoms with van der Waals surface area (Å²) >= 11 is 30.5. The van der Waals surface area contributed by atoms with Crippen molar-refractivity contribution >= 4 is 58.0 Å². The third kappa shape index (κ3) is 3.11. The lowest BCUT2D eigenvalue weighted by Gasteiger charge is -2.17. The van der Waals surface area contributed by atoms with Crippen LogP contribution >= 0.6 is 58.0 Å². The molecule has 0 saturated heterocycles. The molecule has 2 rings (SSSR count). The van der Waals surface area contributed by atoms with E-state index in [4.69, 9.17) is 58.0 Å². The lowest BCUT2D eigenvalue weighted by molar-refractivity contribution is 1.04. The van der Waals surface area contributed by atoms with Gasteiger partial charge in [0.25, 0.3) is 0 Å². The van der Waals surface area contributed by atoms with Crippen molar-refractivity contribution in [1.29, 1.82) is 5.26 Å². The van der Waals surface area contributed by atoms with E-state index >= 15 is 0 Å². The molecule has 0 bridgehead atoms. The Hall–Kier alpha value is -0.620. The van der Waals surface area contributed by atoms with Crippen molar-refractivity contribution < 1.29 is 0 Å². The molecular formula is C15H8Cl5N. The van der Waals surface area contributed by atoms with Gasteiger partial charge in [0.2, 0.25) is 0 Å². The van der Waals surface area contributed by atoms with Gasteiger partial charge in [0.05, 0.1) is 37.1 Å². The Balaban J connectivity index is 2.69. The molecule has 0 aliphatic rings. The molecule has 0 aromatic heterocycles. The molecule has 0 N–H and O–H groups in total. The highest BCUT2D eigenvalue weighted by Crippen LogP contribution is 2.47. The second kappa shape index (κ2) is 6.65. The van der Waals surface area contributed by atoms with Crippen LogP contribution in [0.4, 0.5) is 0 Å². The molecule has 0 saturated carbocycles. The van der Waals surface area contributed by atoms with Crippen molar-refractivity contribution in [3.63, 3.8) is 0 Å². The first kappa shape index (κ1) is 16.7. The van der Waals surface area contributed by atoms with Gasteiger partial charge in [-0.2, -0.15) is 5.26 Å². The number of aryl methyl sites for hydroxylation is 1. The highest BCUT2D eigenvalue weighted by atomic mass is 35.5. The minimum atomic E-state index is -0.683. The summed E-state index contributed by atoms with van der Waals surface area (Å²) in [5.74, 6) is -0.683. The summed E-state index contributed by atoms with van der Waals surface area (Å²) in [5.41, 5.74) is 2.20. The first-order valence-corrected chi connectivity index (χ1v) is 7.75. The second-order valence-electron chi connectivity index (χ2n) is 4.46. The predicted molar refractivity (Wildman–Crippen MR) is 90.1 cm³/mol. The van der Waals surface area contributed by atoms with E-state index in [-0.39, 0.29) is 25.1 Å². The zero-order valence-electron chi connectivity index (χ0n) is 10.7. The van der Waals surface area contributed by atoms with Gasteiger partial charge >= 0.3 is 0 Å². The van der Waals surface area contributed by atoms with E-state index in [0.29, 0.717) is 5.56 Å². The molecule has 2 aromatic rings. The smallest absolute Gasteiger partial charge is 0.0992 e. The molecule has 1 atom stereocenters. The van der Waals surface area contributed by atoms with Crippen LogP contribution < -0.4 is 0 Å². The molecule has 6 heteroatoms. The Morgan fingerprint density at radius 3 is 1.67 bits per heavy atom. The van der Waals surface area contributed by atoms with Crippen LogP contribution in [0.25, 0.3) is 0 Å². The molecule has 21 heavy (non-hydrogen) atoms. The van der Waals surface area contributed by atoms with Gasteiger partial charge in [0.1, 0.15) is 0 Å². The monoisotopic (exact) mass is 377 g/mol. The van der Waals surface area contributed by atoms with Crippen LogP contribution in [0.15, 0.2) is 24.3 Å². The van der Waals surface area contributed by atoms with Crippen molar-refractivity contribution in [3.05, 3.63) is 66.1 Å². The van der Waals surface area contributed by atoms with Crippen molar-refractivity contribution in [3.8, 4) is 6.07 Å². The van der Waals surface area contributed by atoms with E-state index in [9.17, 15) is 5.26 Å². The van der Waals surface area contributed by atoms with Gasteiger partial charge in [-0.15, -0.1) is 0 Å². The number of rotatable bonds is 2. The van der Waals surface area contributed by atoms with Gasteiger partial charge in [-0.3, -0.25) is 0 Å². The maximum Gasteiger partial charge on any atom is 0.0992 e. The number of nitrogens with zero attached hydrogens (tertiary/aromatic N) is 1. The van der Waals surface area contributed by atoms with Gasteiger partial charge in [-0.05, 0) is 12.5 Å². The maximum atomic E-state index is 9.52. The van der Waals surface area contributed by atoms with Gasteiger partial charge in [0, 0.05) is 5.56 Å². The van der Waals surface area contributed by atoms with E-state index in [1.54, 1.807) is 0 Å². The van der Waals surface area contributed by atoms with Crippen LogP contribution in [0, 0.1) is 18.3 Å². The molecule has 0 radical (unpaired) electrons. The predicted octanol–water partition coefficient (Wildman–Crippen LogP) is 6.92.